The number of aliphatic imine (C=N–C) groups is 1. The first-order valence-electron chi connectivity index (χ1n) is 8.80. The largest absolute Gasteiger partial charge is 0.355 e. The van der Waals surface area contributed by atoms with Crippen molar-refractivity contribution in [2.75, 3.05) is 27.2 Å². The zero-order valence-electron chi connectivity index (χ0n) is 15.8. The van der Waals surface area contributed by atoms with Gasteiger partial charge in [-0.1, -0.05) is 6.42 Å². The Labute approximate surface area is 164 Å². The quantitative estimate of drug-likeness (QED) is 0.429. The highest BCUT2D eigenvalue weighted by Gasteiger charge is 2.23. The monoisotopic (exact) mass is 447 g/mol. The first-order chi connectivity index (χ1) is 11.0. The Morgan fingerprint density at radius 3 is 2.79 bits per heavy atom. The van der Waals surface area contributed by atoms with Gasteiger partial charge >= 0.3 is 0 Å². The average Bonchev–Trinajstić information content (AvgIpc) is 2.93. The van der Waals surface area contributed by atoms with Crippen molar-refractivity contribution in [1.82, 2.24) is 19.7 Å². The lowest BCUT2D eigenvalue weighted by Crippen LogP contribution is -2.50. The van der Waals surface area contributed by atoms with Gasteiger partial charge in [0.15, 0.2) is 5.96 Å². The molecule has 1 aliphatic heterocycles. The molecule has 1 N–H and O–H groups in total. The molecule has 2 heterocycles. The molecule has 0 aliphatic carbocycles. The summed E-state index contributed by atoms with van der Waals surface area (Å²) in [4.78, 5) is 9.25. The number of nitrogens with one attached hydrogen (secondary N) is 1. The third-order valence-electron chi connectivity index (χ3n) is 5.00. The topological polar surface area (TPSA) is 35.8 Å². The number of aryl methyl sites for hydroxylation is 1. The Morgan fingerprint density at radius 1 is 1.46 bits per heavy atom. The Hall–Kier alpha value is -0.760. The predicted octanol–water partition coefficient (Wildman–Crippen LogP) is 2.91. The minimum atomic E-state index is 0. The van der Waals surface area contributed by atoms with Crippen LogP contribution in [0.5, 0.6) is 0 Å². The molecule has 0 radical (unpaired) electrons. The minimum absolute atomic E-state index is 0. The molecule has 2 rings (SSSR count). The normalized spacial score (nSPS) is 20.4. The molecular formula is C18H34IN5. The number of nitrogens with zero attached hydrogens (tertiary/aromatic N) is 4. The number of piperidine rings is 1. The number of hydrogen-bond donors (Lipinski definition) is 1. The van der Waals surface area contributed by atoms with E-state index in [9.17, 15) is 0 Å². The zero-order chi connectivity index (χ0) is 16.8. The average molecular weight is 447 g/mol. The van der Waals surface area contributed by atoms with E-state index in [0.29, 0.717) is 12.1 Å². The van der Waals surface area contributed by atoms with Crippen molar-refractivity contribution >= 4 is 29.9 Å². The molecule has 0 amide bonds. The number of hydrogen-bond acceptors (Lipinski definition) is 2. The maximum absolute atomic E-state index is 4.44. The van der Waals surface area contributed by atoms with Gasteiger partial charge in [-0.2, -0.15) is 0 Å². The predicted molar refractivity (Wildman–Crippen MR) is 113 cm³/mol. The Kier molecular flexibility index (Phi) is 9.12. The van der Waals surface area contributed by atoms with Crippen LogP contribution in [-0.4, -0.2) is 59.6 Å². The number of halogens is 1. The third-order valence-corrected chi connectivity index (χ3v) is 5.00. The van der Waals surface area contributed by atoms with Crippen molar-refractivity contribution in [3.8, 4) is 0 Å². The molecule has 1 fully saturated rings. The van der Waals surface area contributed by atoms with Crippen molar-refractivity contribution in [1.29, 1.82) is 0 Å². The highest BCUT2D eigenvalue weighted by atomic mass is 127. The third kappa shape index (κ3) is 5.65. The summed E-state index contributed by atoms with van der Waals surface area (Å²) in [6.45, 7) is 7.69. The van der Waals surface area contributed by atoms with Crippen LogP contribution >= 0.6 is 24.0 Å². The second kappa shape index (κ2) is 10.3. The lowest BCUT2D eigenvalue weighted by molar-refractivity contribution is 0.115. The van der Waals surface area contributed by atoms with E-state index < -0.39 is 0 Å². The van der Waals surface area contributed by atoms with Crippen molar-refractivity contribution in [3.63, 3.8) is 0 Å². The molecular weight excluding hydrogens is 413 g/mol. The van der Waals surface area contributed by atoms with Crippen LogP contribution < -0.4 is 5.32 Å². The number of aromatic nitrogens is 1. The smallest absolute Gasteiger partial charge is 0.193 e. The van der Waals surface area contributed by atoms with Crippen LogP contribution in [0.4, 0.5) is 0 Å². The van der Waals surface area contributed by atoms with Gasteiger partial charge in [0, 0.05) is 51.7 Å². The number of guanidine groups is 1. The molecule has 138 valence electrons. The Bertz CT molecular complexity index is 513. The summed E-state index contributed by atoms with van der Waals surface area (Å²) in [6.07, 6.45) is 6.11. The molecule has 0 spiro atoms. The van der Waals surface area contributed by atoms with Gasteiger partial charge in [0.1, 0.15) is 0 Å². The molecule has 2 atom stereocenters. The standard InChI is InChI=1S/C18H33N5.HI/c1-15-9-6-7-12-23(15)16(2)13-20-18(19-3)22(5)14-17-10-8-11-21(17)4;/h8,10-11,15-16H,6-7,9,12-14H2,1-5H3,(H,19,20);1H. The van der Waals surface area contributed by atoms with Crippen LogP contribution in [0.2, 0.25) is 0 Å². The van der Waals surface area contributed by atoms with Gasteiger partial charge in [-0.3, -0.25) is 9.89 Å². The highest BCUT2D eigenvalue weighted by Crippen LogP contribution is 2.18. The van der Waals surface area contributed by atoms with E-state index in [1.165, 1.54) is 31.5 Å². The van der Waals surface area contributed by atoms with Crippen LogP contribution in [0.3, 0.4) is 0 Å². The Balaban J connectivity index is 0.00000288. The van der Waals surface area contributed by atoms with E-state index in [2.05, 4.69) is 70.9 Å². The van der Waals surface area contributed by atoms with Gasteiger partial charge in [-0.25, -0.2) is 0 Å². The molecule has 6 heteroatoms. The van der Waals surface area contributed by atoms with E-state index in [1.54, 1.807) is 0 Å². The van der Waals surface area contributed by atoms with Gasteiger partial charge in [-0.15, -0.1) is 24.0 Å². The van der Waals surface area contributed by atoms with E-state index in [1.807, 2.05) is 7.05 Å². The summed E-state index contributed by atoms with van der Waals surface area (Å²) in [5.74, 6) is 0.961. The van der Waals surface area contributed by atoms with Crippen LogP contribution in [-0.2, 0) is 13.6 Å². The molecule has 1 saturated heterocycles. The molecule has 1 aromatic heterocycles. The number of likely N-dealkylation sites (tertiary alicyclic amines) is 1. The summed E-state index contributed by atoms with van der Waals surface area (Å²) in [6, 6.07) is 5.47. The molecule has 1 aliphatic rings. The first-order valence-corrected chi connectivity index (χ1v) is 8.80. The van der Waals surface area contributed by atoms with E-state index in [-0.39, 0.29) is 24.0 Å². The number of rotatable bonds is 5. The van der Waals surface area contributed by atoms with Crippen LogP contribution in [0.1, 0.15) is 38.8 Å². The van der Waals surface area contributed by atoms with Crippen molar-refractivity contribution in [3.05, 3.63) is 24.0 Å². The second-order valence-electron chi connectivity index (χ2n) is 6.83. The van der Waals surface area contributed by atoms with Crippen LogP contribution in [0.15, 0.2) is 23.3 Å². The minimum Gasteiger partial charge on any atom is -0.355 e. The summed E-state index contributed by atoms with van der Waals surface area (Å²) >= 11 is 0. The lowest BCUT2D eigenvalue weighted by atomic mass is 10.0. The highest BCUT2D eigenvalue weighted by molar-refractivity contribution is 14.0. The fourth-order valence-electron chi connectivity index (χ4n) is 3.49. The van der Waals surface area contributed by atoms with Crippen LogP contribution in [0, 0.1) is 0 Å². The van der Waals surface area contributed by atoms with Gasteiger partial charge in [0.2, 0.25) is 0 Å². The van der Waals surface area contributed by atoms with Crippen molar-refractivity contribution in [2.45, 2.75) is 51.7 Å². The van der Waals surface area contributed by atoms with E-state index in [0.717, 1.165) is 19.0 Å². The SMILES string of the molecule is CN=C(NCC(C)N1CCCCC1C)N(C)Cc1cccn1C.I. The van der Waals surface area contributed by atoms with E-state index >= 15 is 0 Å². The molecule has 0 aromatic carbocycles. The molecule has 24 heavy (non-hydrogen) atoms. The summed E-state index contributed by atoms with van der Waals surface area (Å²) in [7, 11) is 6.04. The first kappa shape index (κ1) is 21.3. The van der Waals surface area contributed by atoms with Gasteiger partial charge in [-0.05, 0) is 45.4 Å². The van der Waals surface area contributed by atoms with E-state index in [4.69, 9.17) is 0 Å². The fourth-order valence-corrected chi connectivity index (χ4v) is 3.49. The Morgan fingerprint density at radius 2 is 2.21 bits per heavy atom. The lowest BCUT2D eigenvalue weighted by Gasteiger charge is -2.38. The fraction of sp³-hybridized carbons (Fsp3) is 0.722. The summed E-state index contributed by atoms with van der Waals surface area (Å²) in [5.41, 5.74) is 1.29. The zero-order valence-corrected chi connectivity index (χ0v) is 18.2. The molecule has 0 bridgehead atoms. The second-order valence-corrected chi connectivity index (χ2v) is 6.83. The summed E-state index contributed by atoms with van der Waals surface area (Å²) < 4.78 is 2.15. The van der Waals surface area contributed by atoms with Crippen molar-refractivity contribution < 1.29 is 0 Å². The molecule has 1 aromatic rings. The maximum Gasteiger partial charge on any atom is 0.193 e. The van der Waals surface area contributed by atoms with Gasteiger partial charge in [0.05, 0.1) is 6.54 Å². The van der Waals surface area contributed by atoms with Crippen molar-refractivity contribution in [2.24, 2.45) is 12.0 Å². The van der Waals surface area contributed by atoms with Crippen LogP contribution in [0.25, 0.3) is 0 Å². The molecule has 2 unspecified atom stereocenters. The maximum atomic E-state index is 4.44. The van der Waals surface area contributed by atoms with Gasteiger partial charge in [0.25, 0.3) is 0 Å². The molecule has 0 saturated carbocycles. The summed E-state index contributed by atoms with van der Waals surface area (Å²) in [5, 5.41) is 3.54. The van der Waals surface area contributed by atoms with Gasteiger partial charge < -0.3 is 14.8 Å². The molecule has 5 nitrogen and oxygen atoms in total.